The summed E-state index contributed by atoms with van der Waals surface area (Å²) in [5.41, 5.74) is 1.87. The van der Waals surface area contributed by atoms with Crippen molar-refractivity contribution in [1.29, 1.82) is 0 Å². The lowest BCUT2D eigenvalue weighted by Gasteiger charge is -2.06. The summed E-state index contributed by atoms with van der Waals surface area (Å²) in [7, 11) is 1.99. The minimum atomic E-state index is 0.748. The number of carbonyl (C=O) groups is 1. The third-order valence-corrected chi connectivity index (χ3v) is 3.98. The van der Waals surface area contributed by atoms with Crippen molar-refractivity contribution in [3.8, 4) is 0 Å². The van der Waals surface area contributed by atoms with Crippen LogP contribution in [-0.4, -0.2) is 10.9 Å². The van der Waals surface area contributed by atoms with Gasteiger partial charge in [0.1, 0.15) is 0 Å². The molecule has 0 atom stereocenters. The van der Waals surface area contributed by atoms with Crippen molar-refractivity contribution in [3.63, 3.8) is 0 Å². The average molecular weight is 259 g/mol. The topological polar surface area (TPSA) is 22.0 Å². The van der Waals surface area contributed by atoms with E-state index in [1.54, 1.807) is 0 Å². The minimum absolute atomic E-state index is 0.748. The number of benzene rings is 3. The monoisotopic (exact) mass is 259 g/mol. The molecule has 1 aromatic heterocycles. The maximum absolute atomic E-state index is 11.2. The molecule has 2 heteroatoms. The number of nitrogens with zero attached hydrogens (tertiary/aromatic N) is 1. The van der Waals surface area contributed by atoms with E-state index in [0.29, 0.717) is 0 Å². The van der Waals surface area contributed by atoms with Crippen molar-refractivity contribution in [2.24, 2.45) is 7.05 Å². The number of aromatic nitrogens is 1. The van der Waals surface area contributed by atoms with E-state index in [1.807, 2.05) is 23.9 Å². The highest BCUT2D eigenvalue weighted by atomic mass is 16.1. The van der Waals surface area contributed by atoms with Crippen LogP contribution in [0.1, 0.15) is 10.4 Å². The Kier molecular flexibility index (Phi) is 2.21. The molecule has 0 saturated carbocycles. The smallest absolute Gasteiger partial charge is 0.152 e. The highest BCUT2D eigenvalue weighted by molar-refractivity contribution is 6.14. The van der Waals surface area contributed by atoms with Crippen LogP contribution in [0.15, 0.2) is 54.7 Å². The molecular weight excluding hydrogens is 246 g/mol. The van der Waals surface area contributed by atoms with Gasteiger partial charge in [-0.15, -0.1) is 0 Å². The molecule has 0 N–H and O–H groups in total. The number of hydrogen-bond acceptors (Lipinski definition) is 1. The number of rotatable bonds is 1. The van der Waals surface area contributed by atoms with Crippen molar-refractivity contribution in [2.45, 2.75) is 0 Å². The molecule has 0 aliphatic heterocycles. The van der Waals surface area contributed by atoms with Gasteiger partial charge >= 0.3 is 0 Å². The Labute approximate surface area is 116 Å². The highest BCUT2D eigenvalue weighted by Gasteiger charge is 2.09. The zero-order valence-corrected chi connectivity index (χ0v) is 11.1. The lowest BCUT2D eigenvalue weighted by atomic mass is 10.0. The van der Waals surface area contributed by atoms with Gasteiger partial charge in [0.15, 0.2) is 6.29 Å². The van der Waals surface area contributed by atoms with Gasteiger partial charge in [0.2, 0.25) is 0 Å². The van der Waals surface area contributed by atoms with E-state index in [9.17, 15) is 4.79 Å². The molecule has 0 bridgehead atoms. The molecule has 0 amide bonds. The molecule has 0 saturated heterocycles. The third kappa shape index (κ3) is 1.42. The molecule has 4 rings (SSSR count). The molecular formula is C18H13NO. The summed E-state index contributed by atoms with van der Waals surface area (Å²) in [6, 6.07) is 16.9. The van der Waals surface area contributed by atoms with Gasteiger partial charge in [-0.3, -0.25) is 4.79 Å². The Morgan fingerprint density at radius 2 is 1.65 bits per heavy atom. The van der Waals surface area contributed by atoms with E-state index in [1.165, 1.54) is 21.5 Å². The Morgan fingerprint density at radius 3 is 2.40 bits per heavy atom. The summed E-state index contributed by atoms with van der Waals surface area (Å²) < 4.78 is 2.04. The number of hydrogen-bond donors (Lipinski definition) is 0. The standard InChI is InChI=1S/C18H13NO/c1-19-10-15(11-20)16-7-6-14-8-12-4-2-3-5-13(12)9-17(14)18(16)19/h2-11H,1H3. The largest absolute Gasteiger partial charge is 0.349 e. The van der Waals surface area contributed by atoms with Crippen LogP contribution in [0.2, 0.25) is 0 Å². The van der Waals surface area contributed by atoms with Crippen LogP contribution < -0.4 is 0 Å². The molecule has 0 aliphatic rings. The van der Waals surface area contributed by atoms with Gasteiger partial charge in [-0.2, -0.15) is 0 Å². The fourth-order valence-corrected chi connectivity index (χ4v) is 3.05. The summed E-state index contributed by atoms with van der Waals surface area (Å²) in [4.78, 5) is 11.2. The van der Waals surface area contributed by atoms with Gasteiger partial charge in [-0.25, -0.2) is 0 Å². The SMILES string of the molecule is Cn1cc(C=O)c2ccc3cc4ccccc4cc3c21. The number of fused-ring (bicyclic) bond motifs is 4. The first-order chi connectivity index (χ1) is 9.78. The summed E-state index contributed by atoms with van der Waals surface area (Å²) in [6.45, 7) is 0. The number of aldehydes is 1. The summed E-state index contributed by atoms with van der Waals surface area (Å²) >= 11 is 0. The van der Waals surface area contributed by atoms with Gasteiger partial charge in [0.05, 0.1) is 5.52 Å². The Hall–Kier alpha value is -2.61. The Balaban J connectivity index is 2.26. The van der Waals surface area contributed by atoms with E-state index < -0.39 is 0 Å². The van der Waals surface area contributed by atoms with Crippen LogP contribution in [0, 0.1) is 0 Å². The zero-order valence-electron chi connectivity index (χ0n) is 11.1. The van der Waals surface area contributed by atoms with Crippen molar-refractivity contribution in [3.05, 3.63) is 60.3 Å². The van der Waals surface area contributed by atoms with Crippen LogP contribution in [0.25, 0.3) is 32.4 Å². The minimum Gasteiger partial charge on any atom is -0.349 e. The van der Waals surface area contributed by atoms with Crippen LogP contribution in [0.5, 0.6) is 0 Å². The first kappa shape index (κ1) is 11.2. The van der Waals surface area contributed by atoms with Gasteiger partial charge in [0.25, 0.3) is 0 Å². The second kappa shape index (κ2) is 3.94. The molecule has 4 aromatic rings. The maximum Gasteiger partial charge on any atom is 0.152 e. The van der Waals surface area contributed by atoms with E-state index in [2.05, 4.69) is 42.5 Å². The number of carbonyl (C=O) groups excluding carboxylic acids is 1. The fourth-order valence-electron chi connectivity index (χ4n) is 3.05. The zero-order chi connectivity index (χ0) is 13.7. The van der Waals surface area contributed by atoms with Crippen LogP contribution >= 0.6 is 0 Å². The summed E-state index contributed by atoms with van der Waals surface area (Å²) in [6.07, 6.45) is 2.82. The lowest BCUT2D eigenvalue weighted by Crippen LogP contribution is -1.86. The van der Waals surface area contributed by atoms with E-state index in [4.69, 9.17) is 0 Å². The maximum atomic E-state index is 11.2. The van der Waals surface area contributed by atoms with Crippen molar-refractivity contribution in [2.75, 3.05) is 0 Å². The van der Waals surface area contributed by atoms with E-state index in [0.717, 1.165) is 22.8 Å². The summed E-state index contributed by atoms with van der Waals surface area (Å²) in [5.74, 6) is 0. The number of aryl methyl sites for hydroxylation is 1. The van der Waals surface area contributed by atoms with E-state index in [-0.39, 0.29) is 0 Å². The van der Waals surface area contributed by atoms with Gasteiger partial charge in [0, 0.05) is 29.6 Å². The molecule has 20 heavy (non-hydrogen) atoms. The fraction of sp³-hybridized carbons (Fsp3) is 0.0556. The molecule has 1 heterocycles. The molecule has 3 aromatic carbocycles. The van der Waals surface area contributed by atoms with Crippen molar-refractivity contribution < 1.29 is 4.79 Å². The third-order valence-electron chi connectivity index (χ3n) is 3.98. The predicted octanol–water partition coefficient (Wildman–Crippen LogP) is 4.30. The molecule has 0 spiro atoms. The van der Waals surface area contributed by atoms with Crippen molar-refractivity contribution >= 4 is 38.7 Å². The molecule has 0 fully saturated rings. The normalized spacial score (nSPS) is 11.4. The Morgan fingerprint density at radius 1 is 0.900 bits per heavy atom. The van der Waals surface area contributed by atoms with Gasteiger partial charge in [-0.1, -0.05) is 36.4 Å². The first-order valence-electron chi connectivity index (χ1n) is 6.63. The van der Waals surface area contributed by atoms with Crippen molar-refractivity contribution in [1.82, 2.24) is 4.57 Å². The molecule has 2 nitrogen and oxygen atoms in total. The van der Waals surface area contributed by atoms with Crippen LogP contribution in [-0.2, 0) is 7.05 Å². The van der Waals surface area contributed by atoms with Crippen LogP contribution in [0.4, 0.5) is 0 Å². The van der Waals surface area contributed by atoms with Gasteiger partial charge in [-0.05, 0) is 28.3 Å². The predicted molar refractivity (Wildman–Crippen MR) is 83.3 cm³/mol. The van der Waals surface area contributed by atoms with Gasteiger partial charge < -0.3 is 4.57 Å². The molecule has 0 aliphatic carbocycles. The first-order valence-corrected chi connectivity index (χ1v) is 6.63. The molecule has 0 unspecified atom stereocenters. The van der Waals surface area contributed by atoms with E-state index >= 15 is 0 Å². The Bertz CT molecular complexity index is 979. The second-order valence-electron chi connectivity index (χ2n) is 5.20. The van der Waals surface area contributed by atoms with Crippen LogP contribution in [0.3, 0.4) is 0 Å². The molecule has 0 radical (unpaired) electrons. The summed E-state index contributed by atoms with van der Waals surface area (Å²) in [5, 5.41) is 5.88. The molecule has 96 valence electrons. The quantitative estimate of drug-likeness (QED) is 0.369. The lowest BCUT2D eigenvalue weighted by molar-refractivity contribution is 0.112. The average Bonchev–Trinajstić information content (AvgIpc) is 2.82. The second-order valence-corrected chi connectivity index (χ2v) is 5.20. The highest BCUT2D eigenvalue weighted by Crippen LogP contribution is 2.31.